The predicted molar refractivity (Wildman–Crippen MR) is 66.8 cm³/mol. The molecule has 0 amide bonds. The molecular formula is C14H26O. The molecule has 1 rings (SSSR count). The van der Waals surface area contributed by atoms with Crippen molar-refractivity contribution >= 4 is 5.78 Å². The Balaban J connectivity index is 0.000000423. The summed E-state index contributed by atoms with van der Waals surface area (Å²) in [5.74, 6) is 2.83. The molecule has 1 aliphatic rings. The van der Waals surface area contributed by atoms with Crippen LogP contribution in [-0.2, 0) is 4.79 Å². The van der Waals surface area contributed by atoms with E-state index in [0.29, 0.717) is 0 Å². The fourth-order valence-electron chi connectivity index (χ4n) is 2.00. The van der Waals surface area contributed by atoms with Gasteiger partial charge in [-0.15, -0.1) is 0 Å². The highest BCUT2D eigenvalue weighted by Gasteiger charge is 2.24. The number of carbonyl (C=O) groups is 1. The second kappa shape index (κ2) is 6.81. The molecule has 0 aromatic rings. The van der Waals surface area contributed by atoms with Crippen LogP contribution in [-0.4, -0.2) is 5.78 Å². The van der Waals surface area contributed by atoms with Crippen LogP contribution in [0.2, 0.25) is 0 Å². The van der Waals surface area contributed by atoms with Crippen LogP contribution < -0.4 is 0 Å². The Morgan fingerprint density at radius 2 is 1.53 bits per heavy atom. The van der Waals surface area contributed by atoms with E-state index < -0.39 is 0 Å². The fourth-order valence-corrected chi connectivity index (χ4v) is 2.00. The molecule has 0 aromatic heterocycles. The van der Waals surface area contributed by atoms with Crippen LogP contribution in [0.1, 0.15) is 53.9 Å². The van der Waals surface area contributed by atoms with Crippen LogP contribution in [0.15, 0.2) is 12.2 Å². The maximum absolute atomic E-state index is 9.44. The second-order valence-corrected chi connectivity index (χ2v) is 5.22. The van der Waals surface area contributed by atoms with Crippen LogP contribution in [0.3, 0.4) is 0 Å². The van der Waals surface area contributed by atoms with E-state index in [2.05, 4.69) is 27.4 Å². The van der Waals surface area contributed by atoms with Gasteiger partial charge in [0.2, 0.25) is 0 Å². The first-order valence-electron chi connectivity index (χ1n) is 5.97. The number of allylic oxidation sites excluding steroid dienone is 1. The van der Waals surface area contributed by atoms with E-state index >= 15 is 0 Å². The molecule has 2 unspecified atom stereocenters. The highest BCUT2D eigenvalue weighted by molar-refractivity contribution is 5.72. The zero-order valence-corrected chi connectivity index (χ0v) is 11.0. The molecule has 0 radical (unpaired) electrons. The Morgan fingerprint density at radius 3 is 1.87 bits per heavy atom. The molecule has 1 heteroatoms. The zero-order chi connectivity index (χ0) is 12.0. The van der Waals surface area contributed by atoms with Gasteiger partial charge in [0, 0.05) is 0 Å². The Labute approximate surface area is 95.0 Å². The topological polar surface area (TPSA) is 17.1 Å². The summed E-state index contributed by atoms with van der Waals surface area (Å²) in [4.78, 5) is 9.44. The van der Waals surface area contributed by atoms with E-state index in [1.807, 2.05) is 0 Å². The Hall–Kier alpha value is -0.590. The molecule has 0 aromatic carbocycles. The van der Waals surface area contributed by atoms with Crippen molar-refractivity contribution in [2.24, 2.45) is 17.8 Å². The number of Topliss-reactive ketones (excluding diaryl/α,β-unsaturated/α-hetero) is 1. The monoisotopic (exact) mass is 210 g/mol. The molecule has 0 spiro atoms. The molecular weight excluding hydrogens is 184 g/mol. The largest absolute Gasteiger partial charge is 0.300 e. The molecule has 1 fully saturated rings. The average Bonchev–Trinajstić information content (AvgIpc) is 2.08. The van der Waals surface area contributed by atoms with Gasteiger partial charge in [-0.3, -0.25) is 0 Å². The van der Waals surface area contributed by atoms with Gasteiger partial charge < -0.3 is 4.79 Å². The minimum Gasteiger partial charge on any atom is -0.300 e. The fraction of sp³-hybridized carbons (Fsp3) is 0.786. The molecule has 15 heavy (non-hydrogen) atoms. The maximum atomic E-state index is 9.44. The average molecular weight is 210 g/mol. The van der Waals surface area contributed by atoms with Gasteiger partial charge >= 0.3 is 0 Å². The van der Waals surface area contributed by atoms with Gasteiger partial charge in [0.15, 0.2) is 0 Å². The van der Waals surface area contributed by atoms with Crippen LogP contribution >= 0.6 is 0 Å². The van der Waals surface area contributed by atoms with Crippen molar-refractivity contribution in [3.63, 3.8) is 0 Å². The van der Waals surface area contributed by atoms with Gasteiger partial charge in [0.05, 0.1) is 0 Å². The molecule has 0 bridgehead atoms. The van der Waals surface area contributed by atoms with Gasteiger partial charge in [-0.05, 0) is 57.8 Å². The number of ketones is 1. The summed E-state index contributed by atoms with van der Waals surface area (Å²) < 4.78 is 0. The molecule has 1 nitrogen and oxygen atoms in total. The molecule has 0 aliphatic heterocycles. The van der Waals surface area contributed by atoms with E-state index in [0.717, 1.165) is 17.8 Å². The minimum atomic E-state index is 0.167. The van der Waals surface area contributed by atoms with Crippen LogP contribution in [0.4, 0.5) is 0 Å². The standard InChI is InChI=1S/C11H20.C3H6O/c1-8(2)11-6-5-9(3)10(4)7-11;1-3(2)4/h9-11H,1,5-7H2,2-4H3;1-2H3/t9?,10-,11?;/m0./s1. The van der Waals surface area contributed by atoms with E-state index in [1.54, 1.807) is 0 Å². The lowest BCUT2D eigenvalue weighted by molar-refractivity contribution is -0.114. The normalized spacial score (nSPS) is 30.1. The van der Waals surface area contributed by atoms with Gasteiger partial charge in [-0.25, -0.2) is 0 Å². The summed E-state index contributed by atoms with van der Waals surface area (Å²) in [6.07, 6.45) is 4.15. The summed E-state index contributed by atoms with van der Waals surface area (Å²) in [5.41, 5.74) is 1.39. The molecule has 0 heterocycles. The van der Waals surface area contributed by atoms with Crippen LogP contribution in [0.25, 0.3) is 0 Å². The molecule has 1 saturated carbocycles. The third-order valence-electron chi connectivity index (χ3n) is 3.30. The van der Waals surface area contributed by atoms with E-state index in [1.165, 1.54) is 38.7 Å². The van der Waals surface area contributed by atoms with Gasteiger partial charge in [-0.1, -0.05) is 26.0 Å². The summed E-state index contributed by atoms with van der Waals surface area (Å²) >= 11 is 0. The zero-order valence-electron chi connectivity index (χ0n) is 11.0. The van der Waals surface area contributed by atoms with Gasteiger partial charge in [-0.2, -0.15) is 0 Å². The summed E-state index contributed by atoms with van der Waals surface area (Å²) in [6.45, 7) is 14.0. The number of carbonyl (C=O) groups excluding carboxylic acids is 1. The molecule has 88 valence electrons. The summed E-state index contributed by atoms with van der Waals surface area (Å²) in [7, 11) is 0. The SMILES string of the molecule is C=C(C)C1CCC(C)[C@@H](C)C1.CC(C)=O. The second-order valence-electron chi connectivity index (χ2n) is 5.22. The maximum Gasteiger partial charge on any atom is 0.126 e. The lowest BCUT2D eigenvalue weighted by atomic mass is 9.74. The van der Waals surface area contributed by atoms with Crippen molar-refractivity contribution in [3.8, 4) is 0 Å². The van der Waals surface area contributed by atoms with Crippen LogP contribution in [0, 0.1) is 17.8 Å². The first kappa shape index (κ1) is 14.4. The van der Waals surface area contributed by atoms with Gasteiger partial charge in [0.25, 0.3) is 0 Å². The molecule has 0 N–H and O–H groups in total. The van der Waals surface area contributed by atoms with Crippen LogP contribution in [0.5, 0.6) is 0 Å². The lowest BCUT2D eigenvalue weighted by Crippen LogP contribution is -2.20. The van der Waals surface area contributed by atoms with Crippen molar-refractivity contribution in [2.75, 3.05) is 0 Å². The third-order valence-corrected chi connectivity index (χ3v) is 3.30. The van der Waals surface area contributed by atoms with Gasteiger partial charge in [0.1, 0.15) is 5.78 Å². The summed E-state index contributed by atoms with van der Waals surface area (Å²) in [5, 5.41) is 0. The first-order valence-corrected chi connectivity index (χ1v) is 5.97. The Bertz CT molecular complexity index is 213. The van der Waals surface area contributed by atoms with Crippen molar-refractivity contribution in [1.82, 2.24) is 0 Å². The van der Waals surface area contributed by atoms with Crippen molar-refractivity contribution in [3.05, 3.63) is 12.2 Å². The van der Waals surface area contributed by atoms with E-state index in [-0.39, 0.29) is 5.78 Å². The van der Waals surface area contributed by atoms with E-state index in [4.69, 9.17) is 0 Å². The quantitative estimate of drug-likeness (QED) is 0.592. The Kier molecular flexibility index (Phi) is 6.55. The highest BCUT2D eigenvalue weighted by atomic mass is 16.1. The molecule has 0 saturated heterocycles. The summed E-state index contributed by atoms with van der Waals surface area (Å²) in [6, 6.07) is 0. The predicted octanol–water partition coefficient (Wildman–Crippen LogP) is 4.23. The lowest BCUT2D eigenvalue weighted by Gasteiger charge is -2.32. The third kappa shape index (κ3) is 6.48. The molecule has 3 atom stereocenters. The number of hydrogen-bond acceptors (Lipinski definition) is 1. The minimum absolute atomic E-state index is 0.167. The van der Waals surface area contributed by atoms with Crippen molar-refractivity contribution < 1.29 is 4.79 Å². The van der Waals surface area contributed by atoms with Crippen molar-refractivity contribution in [2.45, 2.75) is 53.9 Å². The Morgan fingerprint density at radius 1 is 1.07 bits per heavy atom. The number of rotatable bonds is 1. The van der Waals surface area contributed by atoms with E-state index in [9.17, 15) is 4.79 Å². The number of hydrogen-bond donors (Lipinski definition) is 0. The first-order chi connectivity index (χ1) is 6.84. The highest BCUT2D eigenvalue weighted by Crippen LogP contribution is 2.36. The molecule has 1 aliphatic carbocycles. The van der Waals surface area contributed by atoms with Crippen molar-refractivity contribution in [1.29, 1.82) is 0 Å². The smallest absolute Gasteiger partial charge is 0.126 e.